The van der Waals surface area contributed by atoms with Crippen LogP contribution in [-0.4, -0.2) is 28.7 Å². The minimum absolute atomic E-state index is 0.0111. The molecule has 0 saturated carbocycles. The number of furan rings is 1. The Labute approximate surface area is 245 Å². The van der Waals surface area contributed by atoms with Gasteiger partial charge in [-0.1, -0.05) is 23.5 Å². The predicted molar refractivity (Wildman–Crippen MR) is 158 cm³/mol. The number of allylic oxidation sites excluding steroid dienone is 1. The molecule has 10 nitrogen and oxygen atoms in total. The van der Waals surface area contributed by atoms with Gasteiger partial charge in [-0.3, -0.25) is 19.5 Å². The third-order valence-electron chi connectivity index (χ3n) is 7.04. The highest BCUT2D eigenvalue weighted by molar-refractivity contribution is 7.07. The molecular formula is C31H29N3O7S. The van der Waals surface area contributed by atoms with Gasteiger partial charge < -0.3 is 13.9 Å². The van der Waals surface area contributed by atoms with Crippen LogP contribution >= 0.6 is 11.3 Å². The van der Waals surface area contributed by atoms with Crippen LogP contribution < -0.4 is 19.6 Å². The standard InChI is InChI=1S/C31H29N3O7S/c1-16(2)40-30(36)27-19(5)32-31-33(28(27)20-7-9-22(39-6)10-8-20)29(35)26(42-31)15-23-11-12-25(41-23)21-13-17(3)18(4)24(14-21)34(37)38/h7-16,28H,1-6H3/b26-15-. The highest BCUT2D eigenvalue weighted by atomic mass is 32.1. The molecule has 0 N–H and O–H groups in total. The van der Waals surface area contributed by atoms with E-state index in [9.17, 15) is 19.7 Å². The van der Waals surface area contributed by atoms with Crippen molar-refractivity contribution < 1.29 is 23.6 Å². The van der Waals surface area contributed by atoms with Gasteiger partial charge in [0.1, 0.15) is 17.3 Å². The fourth-order valence-electron chi connectivity index (χ4n) is 4.85. The van der Waals surface area contributed by atoms with Gasteiger partial charge in [-0.25, -0.2) is 9.79 Å². The van der Waals surface area contributed by atoms with Gasteiger partial charge in [0.25, 0.3) is 11.2 Å². The van der Waals surface area contributed by atoms with E-state index in [1.54, 1.807) is 65.1 Å². The Bertz CT molecular complexity index is 1930. The summed E-state index contributed by atoms with van der Waals surface area (Å²) in [6.07, 6.45) is 1.25. The number of nitro benzene ring substituents is 1. The van der Waals surface area contributed by atoms with E-state index in [1.807, 2.05) is 25.1 Å². The van der Waals surface area contributed by atoms with Gasteiger partial charge in [0.15, 0.2) is 4.80 Å². The highest BCUT2D eigenvalue weighted by Crippen LogP contribution is 2.33. The van der Waals surface area contributed by atoms with E-state index in [0.717, 1.165) is 5.56 Å². The lowest BCUT2D eigenvalue weighted by Gasteiger charge is -2.25. The van der Waals surface area contributed by atoms with Crippen LogP contribution in [0.4, 0.5) is 5.69 Å². The quantitative estimate of drug-likeness (QED) is 0.170. The molecule has 216 valence electrons. The van der Waals surface area contributed by atoms with E-state index in [4.69, 9.17) is 13.9 Å². The Morgan fingerprint density at radius 3 is 2.50 bits per heavy atom. The molecule has 0 aliphatic carbocycles. The van der Waals surface area contributed by atoms with Crippen LogP contribution in [0, 0.1) is 24.0 Å². The molecule has 2 aromatic heterocycles. The van der Waals surface area contributed by atoms with Crippen molar-refractivity contribution in [2.24, 2.45) is 4.99 Å². The van der Waals surface area contributed by atoms with Gasteiger partial charge in [0.05, 0.1) is 40.0 Å². The normalized spacial score (nSPS) is 15.0. The minimum Gasteiger partial charge on any atom is -0.497 e. The number of esters is 1. The molecule has 1 aliphatic rings. The third kappa shape index (κ3) is 5.30. The summed E-state index contributed by atoms with van der Waals surface area (Å²) in [4.78, 5) is 43.3. The molecule has 0 fully saturated rings. The second-order valence-corrected chi connectivity index (χ2v) is 11.2. The second-order valence-electron chi connectivity index (χ2n) is 10.2. The van der Waals surface area contributed by atoms with Crippen molar-refractivity contribution in [1.29, 1.82) is 0 Å². The van der Waals surface area contributed by atoms with Crippen LogP contribution in [0.5, 0.6) is 5.75 Å². The molecular weight excluding hydrogens is 558 g/mol. The fraction of sp³-hybridized carbons (Fsp3) is 0.258. The molecule has 0 radical (unpaired) electrons. The monoisotopic (exact) mass is 587 g/mol. The van der Waals surface area contributed by atoms with Crippen LogP contribution in [-0.2, 0) is 9.53 Å². The summed E-state index contributed by atoms with van der Waals surface area (Å²) in [5.74, 6) is 0.929. The first kappa shape index (κ1) is 28.7. The maximum absolute atomic E-state index is 13.9. The summed E-state index contributed by atoms with van der Waals surface area (Å²) in [6, 6.07) is 13.1. The minimum atomic E-state index is -0.760. The fourth-order valence-corrected chi connectivity index (χ4v) is 5.88. The number of aryl methyl sites for hydroxylation is 1. The zero-order chi connectivity index (χ0) is 30.3. The van der Waals surface area contributed by atoms with Crippen molar-refractivity contribution in [2.75, 3.05) is 7.11 Å². The van der Waals surface area contributed by atoms with E-state index in [1.165, 1.54) is 22.0 Å². The summed E-state index contributed by atoms with van der Waals surface area (Å²) in [5.41, 5.74) is 3.04. The zero-order valence-corrected chi connectivity index (χ0v) is 24.8. The van der Waals surface area contributed by atoms with E-state index in [-0.39, 0.29) is 22.9 Å². The van der Waals surface area contributed by atoms with Crippen molar-refractivity contribution >= 4 is 29.1 Å². The van der Waals surface area contributed by atoms with Gasteiger partial charge in [-0.2, -0.15) is 0 Å². The van der Waals surface area contributed by atoms with Crippen LogP contribution in [0.3, 0.4) is 0 Å². The van der Waals surface area contributed by atoms with Crippen LogP contribution in [0.15, 0.2) is 74.0 Å². The van der Waals surface area contributed by atoms with Crippen molar-refractivity contribution in [3.05, 3.63) is 112 Å². The third-order valence-corrected chi connectivity index (χ3v) is 8.02. The Balaban J connectivity index is 1.62. The topological polar surface area (TPSA) is 126 Å². The average molecular weight is 588 g/mol. The highest BCUT2D eigenvalue weighted by Gasteiger charge is 2.34. The number of methoxy groups -OCH3 is 1. The van der Waals surface area contributed by atoms with Crippen molar-refractivity contribution in [2.45, 2.75) is 46.8 Å². The average Bonchev–Trinajstić information content (AvgIpc) is 3.53. The molecule has 1 aliphatic heterocycles. The van der Waals surface area contributed by atoms with Crippen LogP contribution in [0.1, 0.15) is 49.3 Å². The van der Waals surface area contributed by atoms with Gasteiger partial charge in [0, 0.05) is 23.3 Å². The van der Waals surface area contributed by atoms with E-state index in [0.29, 0.717) is 49.0 Å². The van der Waals surface area contributed by atoms with Gasteiger partial charge in [-0.05, 0) is 76.1 Å². The maximum atomic E-state index is 13.9. The van der Waals surface area contributed by atoms with Gasteiger partial charge >= 0.3 is 5.97 Å². The van der Waals surface area contributed by atoms with Crippen LogP contribution in [0.25, 0.3) is 17.4 Å². The Morgan fingerprint density at radius 2 is 1.86 bits per heavy atom. The lowest BCUT2D eigenvalue weighted by atomic mass is 9.96. The number of fused-ring (bicyclic) bond motifs is 1. The molecule has 11 heteroatoms. The molecule has 0 amide bonds. The van der Waals surface area contributed by atoms with E-state index >= 15 is 0 Å². The van der Waals surface area contributed by atoms with E-state index < -0.39 is 16.9 Å². The summed E-state index contributed by atoms with van der Waals surface area (Å²) >= 11 is 1.18. The summed E-state index contributed by atoms with van der Waals surface area (Å²) < 4.78 is 18.7. The number of hydrogen-bond donors (Lipinski definition) is 0. The summed E-state index contributed by atoms with van der Waals surface area (Å²) in [5, 5.41) is 11.5. The molecule has 0 spiro atoms. The number of benzene rings is 2. The molecule has 2 aromatic carbocycles. The molecule has 1 unspecified atom stereocenters. The number of rotatable bonds is 7. The number of thiazole rings is 1. The van der Waals surface area contributed by atoms with Gasteiger partial charge in [0.2, 0.25) is 0 Å². The SMILES string of the molecule is COc1ccc(C2C(C(=O)OC(C)C)=C(C)N=c3s/c(=C\c4ccc(-c5cc(C)c(C)c([N+](=O)[O-])c5)o4)c(=O)n32)cc1. The van der Waals surface area contributed by atoms with Crippen molar-refractivity contribution in [1.82, 2.24) is 4.57 Å². The number of carbonyl (C=O) groups excluding carboxylic acids is 1. The smallest absolute Gasteiger partial charge is 0.338 e. The first-order valence-corrected chi connectivity index (χ1v) is 14.0. The number of carbonyl (C=O) groups is 1. The number of aromatic nitrogens is 1. The Morgan fingerprint density at radius 1 is 1.14 bits per heavy atom. The first-order chi connectivity index (χ1) is 20.0. The predicted octanol–water partition coefficient (Wildman–Crippen LogP) is 4.98. The van der Waals surface area contributed by atoms with Crippen LogP contribution in [0.2, 0.25) is 0 Å². The first-order valence-electron chi connectivity index (χ1n) is 13.2. The summed E-state index contributed by atoms with van der Waals surface area (Å²) in [6.45, 7) is 8.77. The van der Waals surface area contributed by atoms with Crippen molar-refractivity contribution in [3.63, 3.8) is 0 Å². The largest absolute Gasteiger partial charge is 0.497 e. The number of nitrogens with zero attached hydrogens (tertiary/aromatic N) is 3. The number of nitro groups is 1. The number of ether oxygens (including phenoxy) is 2. The molecule has 4 aromatic rings. The number of hydrogen-bond acceptors (Lipinski definition) is 9. The lowest BCUT2D eigenvalue weighted by molar-refractivity contribution is -0.385. The summed E-state index contributed by atoms with van der Waals surface area (Å²) in [7, 11) is 1.56. The molecule has 3 heterocycles. The molecule has 0 saturated heterocycles. The zero-order valence-electron chi connectivity index (χ0n) is 24.0. The molecule has 42 heavy (non-hydrogen) atoms. The Hall–Kier alpha value is -4.77. The van der Waals surface area contributed by atoms with E-state index in [2.05, 4.69) is 4.99 Å². The lowest BCUT2D eigenvalue weighted by Crippen LogP contribution is -2.40. The van der Waals surface area contributed by atoms with Crippen molar-refractivity contribution in [3.8, 4) is 17.1 Å². The Kier molecular flexibility index (Phi) is 7.70. The molecule has 5 rings (SSSR count). The second kappa shape index (κ2) is 11.2. The molecule has 0 bridgehead atoms. The molecule has 1 atom stereocenters. The maximum Gasteiger partial charge on any atom is 0.338 e. The van der Waals surface area contributed by atoms with Gasteiger partial charge in [-0.15, -0.1) is 0 Å².